The molecule has 0 aliphatic rings. The average Bonchev–Trinajstić information content (AvgIpc) is 3.24. The van der Waals surface area contributed by atoms with Crippen LogP contribution in [-0.2, 0) is 4.79 Å². The number of carbonyl (C=O) groups is 2. The van der Waals surface area contributed by atoms with Gasteiger partial charge in [-0.2, -0.15) is 0 Å². The standard InChI is InChI=1S/C17H13FN2O2S2/c18-12-5-3-11(4-6-12)14(21)7-8-16(22)20-17-19-13(10-24-17)15-2-1-9-23-15/h1-6,9-10H,7-8H2,(H,19,20,22). The molecule has 0 radical (unpaired) electrons. The molecule has 1 amide bonds. The van der Waals surface area contributed by atoms with Crippen LogP contribution in [0.4, 0.5) is 9.52 Å². The molecule has 0 bridgehead atoms. The predicted octanol–water partition coefficient (Wildman–Crippen LogP) is 4.61. The van der Waals surface area contributed by atoms with Crippen LogP contribution in [0.2, 0.25) is 0 Å². The summed E-state index contributed by atoms with van der Waals surface area (Å²) < 4.78 is 12.8. The fourth-order valence-electron chi connectivity index (χ4n) is 2.06. The summed E-state index contributed by atoms with van der Waals surface area (Å²) >= 11 is 2.93. The van der Waals surface area contributed by atoms with E-state index < -0.39 is 5.82 Å². The predicted molar refractivity (Wildman–Crippen MR) is 94.0 cm³/mol. The van der Waals surface area contributed by atoms with Gasteiger partial charge in [0, 0.05) is 23.8 Å². The second-order valence-electron chi connectivity index (χ2n) is 4.99. The number of anilines is 1. The number of carbonyl (C=O) groups excluding carboxylic acids is 2. The van der Waals surface area contributed by atoms with Gasteiger partial charge in [0.15, 0.2) is 10.9 Å². The van der Waals surface area contributed by atoms with E-state index in [9.17, 15) is 14.0 Å². The lowest BCUT2D eigenvalue weighted by atomic mass is 10.1. The maximum Gasteiger partial charge on any atom is 0.226 e. The lowest BCUT2D eigenvalue weighted by Gasteiger charge is -2.02. The minimum Gasteiger partial charge on any atom is -0.302 e. The Morgan fingerprint density at radius 2 is 1.88 bits per heavy atom. The normalized spacial score (nSPS) is 10.5. The Labute approximate surface area is 146 Å². The molecule has 24 heavy (non-hydrogen) atoms. The van der Waals surface area contributed by atoms with Gasteiger partial charge in [-0.05, 0) is 35.7 Å². The van der Waals surface area contributed by atoms with Crippen molar-refractivity contribution in [3.8, 4) is 10.6 Å². The number of thiophene rings is 1. The third-order valence-electron chi connectivity index (χ3n) is 3.27. The lowest BCUT2D eigenvalue weighted by Crippen LogP contribution is -2.13. The van der Waals surface area contributed by atoms with Crippen LogP contribution in [0.25, 0.3) is 10.6 Å². The van der Waals surface area contributed by atoms with E-state index >= 15 is 0 Å². The maximum atomic E-state index is 12.8. The first kappa shape index (κ1) is 16.5. The molecule has 0 aliphatic heterocycles. The van der Waals surface area contributed by atoms with Gasteiger partial charge in [0.25, 0.3) is 0 Å². The van der Waals surface area contributed by atoms with Gasteiger partial charge in [-0.15, -0.1) is 22.7 Å². The van der Waals surface area contributed by atoms with E-state index in [1.165, 1.54) is 35.6 Å². The Morgan fingerprint density at radius 1 is 1.08 bits per heavy atom. The number of nitrogens with zero attached hydrogens (tertiary/aromatic N) is 1. The Balaban J connectivity index is 1.52. The van der Waals surface area contributed by atoms with E-state index in [4.69, 9.17) is 0 Å². The number of Topliss-reactive ketones (excluding diaryl/α,β-unsaturated/α-hetero) is 1. The zero-order valence-electron chi connectivity index (χ0n) is 12.5. The highest BCUT2D eigenvalue weighted by Crippen LogP contribution is 2.28. The van der Waals surface area contributed by atoms with Crippen LogP contribution >= 0.6 is 22.7 Å². The SMILES string of the molecule is O=C(CCC(=O)c1ccc(F)cc1)Nc1nc(-c2cccs2)cs1. The first-order chi connectivity index (χ1) is 11.6. The van der Waals surface area contributed by atoms with E-state index in [-0.39, 0.29) is 24.5 Å². The molecule has 2 aromatic heterocycles. The fourth-order valence-corrected chi connectivity index (χ4v) is 3.55. The van der Waals surface area contributed by atoms with Crippen molar-refractivity contribution < 1.29 is 14.0 Å². The van der Waals surface area contributed by atoms with Crippen LogP contribution in [-0.4, -0.2) is 16.7 Å². The molecule has 0 unspecified atom stereocenters. The summed E-state index contributed by atoms with van der Waals surface area (Å²) in [5, 5.41) is 7.06. The van der Waals surface area contributed by atoms with Crippen molar-refractivity contribution in [3.05, 3.63) is 58.5 Å². The monoisotopic (exact) mass is 360 g/mol. The molecule has 3 rings (SSSR count). The summed E-state index contributed by atoms with van der Waals surface area (Å²) in [6, 6.07) is 9.21. The first-order valence-electron chi connectivity index (χ1n) is 7.20. The molecule has 0 saturated heterocycles. The summed E-state index contributed by atoms with van der Waals surface area (Å²) in [7, 11) is 0. The smallest absolute Gasteiger partial charge is 0.226 e. The average molecular weight is 360 g/mol. The number of aromatic nitrogens is 1. The van der Waals surface area contributed by atoms with E-state index in [1.807, 2.05) is 22.9 Å². The highest BCUT2D eigenvalue weighted by Gasteiger charge is 2.12. The molecular weight excluding hydrogens is 347 g/mol. The summed E-state index contributed by atoms with van der Waals surface area (Å²) in [6.07, 6.45) is 0.130. The van der Waals surface area contributed by atoms with E-state index in [0.717, 1.165) is 10.6 Å². The van der Waals surface area contributed by atoms with Crippen LogP contribution < -0.4 is 5.32 Å². The van der Waals surface area contributed by atoms with Gasteiger partial charge in [-0.3, -0.25) is 9.59 Å². The summed E-state index contributed by atoms with van der Waals surface area (Å²) in [5.74, 6) is -0.851. The highest BCUT2D eigenvalue weighted by atomic mass is 32.1. The number of rotatable bonds is 6. The maximum absolute atomic E-state index is 12.8. The zero-order valence-corrected chi connectivity index (χ0v) is 14.1. The number of hydrogen-bond acceptors (Lipinski definition) is 5. The van der Waals surface area contributed by atoms with E-state index in [0.29, 0.717) is 10.7 Å². The van der Waals surface area contributed by atoms with Crippen LogP contribution in [0.5, 0.6) is 0 Å². The Hall–Kier alpha value is -2.38. The summed E-state index contributed by atoms with van der Waals surface area (Å²) in [5.41, 5.74) is 1.23. The van der Waals surface area contributed by atoms with Crippen LogP contribution in [0.1, 0.15) is 23.2 Å². The fraction of sp³-hybridized carbons (Fsp3) is 0.118. The minimum absolute atomic E-state index is 0.0596. The third kappa shape index (κ3) is 4.12. The largest absolute Gasteiger partial charge is 0.302 e. The topological polar surface area (TPSA) is 59.1 Å². The van der Waals surface area contributed by atoms with Crippen molar-refractivity contribution >= 4 is 39.5 Å². The van der Waals surface area contributed by atoms with Crippen LogP contribution in [0, 0.1) is 5.82 Å². The number of amides is 1. The van der Waals surface area contributed by atoms with Gasteiger partial charge in [-0.25, -0.2) is 9.37 Å². The molecule has 1 N–H and O–H groups in total. The highest BCUT2D eigenvalue weighted by molar-refractivity contribution is 7.16. The van der Waals surface area contributed by atoms with Crippen molar-refractivity contribution in [1.82, 2.24) is 4.98 Å². The van der Waals surface area contributed by atoms with Gasteiger partial charge in [0.1, 0.15) is 5.82 Å². The number of ketones is 1. The molecule has 3 aromatic rings. The Morgan fingerprint density at radius 3 is 2.58 bits per heavy atom. The molecular formula is C17H13FN2O2S2. The molecule has 2 heterocycles. The quantitative estimate of drug-likeness (QED) is 0.653. The summed E-state index contributed by atoms with van der Waals surface area (Å²) in [4.78, 5) is 29.3. The van der Waals surface area contributed by atoms with Crippen LogP contribution in [0.15, 0.2) is 47.2 Å². The second kappa shape index (κ2) is 7.46. The number of halogens is 1. The van der Waals surface area contributed by atoms with Gasteiger partial charge < -0.3 is 5.32 Å². The molecule has 122 valence electrons. The van der Waals surface area contributed by atoms with Gasteiger partial charge in [0.05, 0.1) is 10.6 Å². The molecule has 1 aromatic carbocycles. The second-order valence-corrected chi connectivity index (χ2v) is 6.80. The molecule has 7 heteroatoms. The molecule has 4 nitrogen and oxygen atoms in total. The van der Waals surface area contributed by atoms with Crippen molar-refractivity contribution in [3.63, 3.8) is 0 Å². The van der Waals surface area contributed by atoms with Crippen molar-refractivity contribution in [2.45, 2.75) is 12.8 Å². The van der Waals surface area contributed by atoms with Crippen molar-refractivity contribution in [2.75, 3.05) is 5.32 Å². The molecule has 0 saturated carbocycles. The van der Waals surface area contributed by atoms with Gasteiger partial charge in [-0.1, -0.05) is 6.07 Å². The number of hydrogen-bond donors (Lipinski definition) is 1. The molecule has 0 fully saturated rings. The zero-order chi connectivity index (χ0) is 16.9. The molecule has 0 aliphatic carbocycles. The lowest BCUT2D eigenvalue weighted by molar-refractivity contribution is -0.116. The molecule has 0 atom stereocenters. The third-order valence-corrected chi connectivity index (χ3v) is 4.92. The van der Waals surface area contributed by atoms with Crippen LogP contribution in [0.3, 0.4) is 0 Å². The first-order valence-corrected chi connectivity index (χ1v) is 8.96. The summed E-state index contributed by atoms with van der Waals surface area (Å²) in [6.45, 7) is 0. The van der Waals surface area contributed by atoms with Crippen molar-refractivity contribution in [2.24, 2.45) is 0 Å². The number of nitrogens with one attached hydrogen (secondary N) is 1. The minimum atomic E-state index is -0.394. The van der Waals surface area contributed by atoms with Gasteiger partial charge in [0.2, 0.25) is 5.91 Å². The van der Waals surface area contributed by atoms with E-state index in [2.05, 4.69) is 10.3 Å². The number of thiazole rings is 1. The number of benzene rings is 1. The Kier molecular flexibility index (Phi) is 5.12. The molecule has 0 spiro atoms. The van der Waals surface area contributed by atoms with E-state index in [1.54, 1.807) is 11.3 Å². The van der Waals surface area contributed by atoms with Gasteiger partial charge >= 0.3 is 0 Å². The van der Waals surface area contributed by atoms with Crippen molar-refractivity contribution in [1.29, 1.82) is 0 Å². The Bertz CT molecular complexity index is 842.